The third kappa shape index (κ3) is 3.29. The van der Waals surface area contributed by atoms with Crippen molar-refractivity contribution in [2.75, 3.05) is 6.54 Å². The van der Waals surface area contributed by atoms with Crippen molar-refractivity contribution >= 4 is 21.4 Å². The van der Waals surface area contributed by atoms with Gasteiger partial charge in [0, 0.05) is 4.88 Å². The zero-order chi connectivity index (χ0) is 17.2. The molecule has 0 bridgehead atoms. The topological polar surface area (TPSA) is 79.5 Å². The van der Waals surface area contributed by atoms with Crippen molar-refractivity contribution in [2.45, 2.75) is 17.4 Å². The fourth-order valence-electron chi connectivity index (χ4n) is 2.32. The number of aliphatic hydroxyl groups is 1. The number of hydrogen-bond acceptors (Lipinski definition) is 5. The van der Waals surface area contributed by atoms with Crippen LogP contribution in [0, 0.1) is 6.92 Å². The molecule has 1 atom stereocenters. The molecule has 24 heavy (non-hydrogen) atoms. The largest absolute Gasteiger partial charge is 0.466 e. The summed E-state index contributed by atoms with van der Waals surface area (Å²) in [6, 6.07) is 13.3. The molecule has 2 N–H and O–H groups in total. The third-order valence-electron chi connectivity index (χ3n) is 3.71. The Kier molecular flexibility index (Phi) is 4.60. The minimum atomic E-state index is -3.74. The fourth-order valence-corrected chi connectivity index (χ4v) is 4.21. The van der Waals surface area contributed by atoms with Crippen LogP contribution in [0.2, 0.25) is 0 Å². The zero-order valence-corrected chi connectivity index (χ0v) is 14.6. The van der Waals surface area contributed by atoms with E-state index in [0.29, 0.717) is 4.88 Å². The molecular formula is C17H17NO4S2. The second-order valence-electron chi connectivity index (χ2n) is 5.45. The molecule has 0 aliphatic rings. The van der Waals surface area contributed by atoms with E-state index in [1.807, 2.05) is 12.3 Å². The molecule has 1 unspecified atom stereocenters. The maximum absolute atomic E-state index is 12.5. The molecule has 0 spiro atoms. The lowest BCUT2D eigenvalue weighted by Gasteiger charge is -2.25. The lowest BCUT2D eigenvalue weighted by atomic mass is 9.99. The normalized spacial score (nSPS) is 14.4. The van der Waals surface area contributed by atoms with E-state index >= 15 is 0 Å². The van der Waals surface area contributed by atoms with Gasteiger partial charge < -0.3 is 9.52 Å². The molecule has 0 aliphatic heterocycles. The quantitative estimate of drug-likeness (QED) is 0.706. The molecule has 0 amide bonds. The van der Waals surface area contributed by atoms with E-state index in [1.54, 1.807) is 36.4 Å². The standard InChI is InChI=1S/C17H17NO4S2/c1-13-6-8-14(9-7-13)24(20,21)18-12-17(19,15-4-2-10-22-15)16-5-3-11-23-16/h2-11,18-19H,12H2,1H3. The number of furan rings is 1. The maximum atomic E-state index is 12.5. The Balaban J connectivity index is 1.88. The van der Waals surface area contributed by atoms with Crippen LogP contribution in [0.5, 0.6) is 0 Å². The number of rotatable bonds is 6. The van der Waals surface area contributed by atoms with E-state index in [4.69, 9.17) is 4.42 Å². The number of aryl methyl sites for hydroxylation is 1. The van der Waals surface area contributed by atoms with Gasteiger partial charge in [-0.25, -0.2) is 13.1 Å². The Morgan fingerprint density at radius 1 is 1.17 bits per heavy atom. The second kappa shape index (κ2) is 6.52. The van der Waals surface area contributed by atoms with E-state index in [0.717, 1.165) is 5.56 Å². The van der Waals surface area contributed by atoms with Gasteiger partial charge in [0.15, 0.2) is 5.60 Å². The van der Waals surface area contributed by atoms with Crippen molar-refractivity contribution in [2.24, 2.45) is 0 Å². The van der Waals surface area contributed by atoms with Gasteiger partial charge >= 0.3 is 0 Å². The van der Waals surface area contributed by atoms with E-state index in [-0.39, 0.29) is 17.2 Å². The summed E-state index contributed by atoms with van der Waals surface area (Å²) in [7, 11) is -3.74. The highest BCUT2D eigenvalue weighted by atomic mass is 32.2. The van der Waals surface area contributed by atoms with Gasteiger partial charge in [0.2, 0.25) is 10.0 Å². The number of thiophene rings is 1. The van der Waals surface area contributed by atoms with Crippen molar-refractivity contribution < 1.29 is 17.9 Å². The summed E-state index contributed by atoms with van der Waals surface area (Å²) < 4.78 is 32.8. The molecule has 2 aromatic heterocycles. The molecule has 3 rings (SSSR count). The SMILES string of the molecule is Cc1ccc(S(=O)(=O)NCC(O)(c2ccco2)c2cccs2)cc1. The Morgan fingerprint density at radius 3 is 2.50 bits per heavy atom. The average molecular weight is 363 g/mol. The van der Waals surface area contributed by atoms with Crippen LogP contribution < -0.4 is 4.72 Å². The Labute approximate surface area is 144 Å². The molecule has 0 aliphatic carbocycles. The van der Waals surface area contributed by atoms with Crippen LogP contribution in [-0.2, 0) is 15.6 Å². The zero-order valence-electron chi connectivity index (χ0n) is 13.0. The molecule has 0 saturated carbocycles. The predicted molar refractivity (Wildman–Crippen MR) is 92.4 cm³/mol. The van der Waals surface area contributed by atoms with Crippen LogP contribution in [-0.4, -0.2) is 20.1 Å². The predicted octanol–water partition coefficient (Wildman–Crippen LogP) is 2.86. The van der Waals surface area contributed by atoms with Crippen molar-refractivity contribution in [1.29, 1.82) is 0 Å². The Morgan fingerprint density at radius 2 is 1.92 bits per heavy atom. The van der Waals surface area contributed by atoms with Crippen molar-refractivity contribution in [3.63, 3.8) is 0 Å². The van der Waals surface area contributed by atoms with Gasteiger partial charge in [-0.15, -0.1) is 11.3 Å². The minimum absolute atomic E-state index is 0.154. The Bertz CT molecular complexity index is 848. The first-order chi connectivity index (χ1) is 11.4. The molecular weight excluding hydrogens is 346 g/mol. The first kappa shape index (κ1) is 16.9. The highest BCUT2D eigenvalue weighted by Crippen LogP contribution is 2.33. The van der Waals surface area contributed by atoms with Gasteiger partial charge in [0.1, 0.15) is 5.76 Å². The minimum Gasteiger partial charge on any atom is -0.466 e. The maximum Gasteiger partial charge on any atom is 0.240 e. The van der Waals surface area contributed by atoms with Crippen LogP contribution in [0.3, 0.4) is 0 Å². The summed E-state index contributed by atoms with van der Waals surface area (Å²) in [5, 5.41) is 12.9. The summed E-state index contributed by atoms with van der Waals surface area (Å²) in [6.45, 7) is 1.66. The monoisotopic (exact) mass is 363 g/mol. The third-order valence-corrected chi connectivity index (χ3v) is 6.14. The van der Waals surface area contributed by atoms with Gasteiger partial charge in [-0.2, -0.15) is 0 Å². The summed E-state index contributed by atoms with van der Waals surface area (Å²) in [5.41, 5.74) is -0.588. The lowest BCUT2D eigenvalue weighted by molar-refractivity contribution is 0.0655. The molecule has 0 saturated heterocycles. The second-order valence-corrected chi connectivity index (χ2v) is 8.17. The number of hydrogen-bond donors (Lipinski definition) is 2. The van der Waals surface area contributed by atoms with Crippen molar-refractivity contribution in [3.05, 3.63) is 76.4 Å². The van der Waals surface area contributed by atoms with Crippen LogP contribution in [0.25, 0.3) is 0 Å². The highest BCUT2D eigenvalue weighted by molar-refractivity contribution is 7.89. The molecule has 0 fully saturated rings. The first-order valence-electron chi connectivity index (χ1n) is 7.28. The molecule has 1 aromatic carbocycles. The van der Waals surface area contributed by atoms with Gasteiger partial charge in [0.25, 0.3) is 0 Å². The van der Waals surface area contributed by atoms with E-state index in [1.165, 1.54) is 29.7 Å². The van der Waals surface area contributed by atoms with Crippen molar-refractivity contribution in [1.82, 2.24) is 4.72 Å². The lowest BCUT2D eigenvalue weighted by Crippen LogP contribution is -2.40. The van der Waals surface area contributed by atoms with Crippen LogP contribution in [0.1, 0.15) is 16.2 Å². The van der Waals surface area contributed by atoms with E-state index < -0.39 is 15.6 Å². The molecule has 5 nitrogen and oxygen atoms in total. The van der Waals surface area contributed by atoms with Gasteiger partial charge in [-0.05, 0) is 42.6 Å². The number of nitrogens with one attached hydrogen (secondary N) is 1. The summed E-state index contributed by atoms with van der Waals surface area (Å²) in [4.78, 5) is 0.755. The van der Waals surface area contributed by atoms with Gasteiger partial charge in [-0.1, -0.05) is 23.8 Å². The Hall–Kier alpha value is -1.93. The summed E-state index contributed by atoms with van der Waals surface area (Å²) in [6.07, 6.45) is 1.45. The molecule has 0 radical (unpaired) electrons. The highest BCUT2D eigenvalue weighted by Gasteiger charge is 2.37. The van der Waals surface area contributed by atoms with Crippen LogP contribution >= 0.6 is 11.3 Å². The fraction of sp³-hybridized carbons (Fsp3) is 0.176. The summed E-state index contributed by atoms with van der Waals surface area (Å²) in [5.74, 6) is 0.288. The smallest absolute Gasteiger partial charge is 0.240 e. The molecule has 3 aromatic rings. The number of benzene rings is 1. The molecule has 7 heteroatoms. The average Bonchev–Trinajstić information content (AvgIpc) is 3.26. The van der Waals surface area contributed by atoms with Gasteiger partial charge in [0.05, 0.1) is 17.7 Å². The number of sulfonamides is 1. The molecule has 126 valence electrons. The van der Waals surface area contributed by atoms with Crippen LogP contribution in [0.4, 0.5) is 0 Å². The first-order valence-corrected chi connectivity index (χ1v) is 9.65. The van der Waals surface area contributed by atoms with Gasteiger partial charge in [-0.3, -0.25) is 0 Å². The summed E-state index contributed by atoms with van der Waals surface area (Å²) >= 11 is 1.33. The molecule has 2 heterocycles. The van der Waals surface area contributed by atoms with E-state index in [9.17, 15) is 13.5 Å². The van der Waals surface area contributed by atoms with Crippen molar-refractivity contribution in [3.8, 4) is 0 Å². The van der Waals surface area contributed by atoms with Crippen LogP contribution in [0.15, 0.2) is 69.5 Å². The van der Waals surface area contributed by atoms with E-state index in [2.05, 4.69) is 4.72 Å².